The Hall–Kier alpha value is -1.19. The average molecular weight is 245 g/mol. The summed E-state index contributed by atoms with van der Waals surface area (Å²) in [5.41, 5.74) is 3.10. The van der Waals surface area contributed by atoms with Crippen LogP contribution in [0.3, 0.4) is 0 Å². The molecular formula is C14H15NOS. The van der Waals surface area contributed by atoms with E-state index < -0.39 is 0 Å². The minimum Gasteiger partial charge on any atom is -0.392 e. The molecule has 0 aliphatic heterocycles. The molecule has 3 heteroatoms. The molecule has 0 bridgehead atoms. The molecule has 1 aliphatic rings. The van der Waals surface area contributed by atoms with Crippen molar-refractivity contribution in [2.75, 3.05) is 0 Å². The monoisotopic (exact) mass is 245 g/mol. The number of aliphatic hydroxyl groups is 1. The molecule has 1 saturated carbocycles. The molecule has 88 valence electrons. The molecule has 1 unspecified atom stereocenters. The van der Waals surface area contributed by atoms with Crippen LogP contribution in [-0.2, 0) is 11.8 Å². The van der Waals surface area contributed by atoms with Crippen LogP contribution in [0.4, 0.5) is 0 Å². The molecule has 1 aromatic heterocycles. The zero-order valence-corrected chi connectivity index (χ0v) is 10.4. The maximum Gasteiger partial charge on any atom is 0.0794 e. The van der Waals surface area contributed by atoms with Crippen LogP contribution in [0, 0.1) is 0 Å². The lowest BCUT2D eigenvalue weighted by molar-refractivity contribution is 0.132. The van der Waals surface area contributed by atoms with Crippen LogP contribution in [-0.4, -0.2) is 16.2 Å². The van der Waals surface area contributed by atoms with Gasteiger partial charge >= 0.3 is 0 Å². The lowest BCUT2D eigenvalue weighted by Crippen LogP contribution is -2.27. The molecule has 2 nitrogen and oxygen atoms in total. The van der Waals surface area contributed by atoms with E-state index in [2.05, 4.69) is 29.2 Å². The fourth-order valence-electron chi connectivity index (χ4n) is 2.45. The summed E-state index contributed by atoms with van der Waals surface area (Å²) in [7, 11) is 0. The lowest BCUT2D eigenvalue weighted by Gasteiger charge is -2.22. The first-order valence-corrected chi connectivity index (χ1v) is 6.80. The summed E-state index contributed by atoms with van der Waals surface area (Å²) in [6, 6.07) is 10.4. The number of nitrogens with zero attached hydrogens (tertiary/aromatic N) is 1. The van der Waals surface area contributed by atoms with E-state index in [0.717, 1.165) is 19.3 Å². The molecule has 1 heterocycles. The van der Waals surface area contributed by atoms with Crippen LogP contribution in [0.15, 0.2) is 42.0 Å². The van der Waals surface area contributed by atoms with Crippen molar-refractivity contribution in [2.45, 2.75) is 30.8 Å². The summed E-state index contributed by atoms with van der Waals surface area (Å²) in [5.74, 6) is 0. The van der Waals surface area contributed by atoms with Gasteiger partial charge in [-0.25, -0.2) is 0 Å². The molecule has 0 saturated heterocycles. The zero-order valence-electron chi connectivity index (χ0n) is 9.54. The van der Waals surface area contributed by atoms with Gasteiger partial charge in [0, 0.05) is 22.9 Å². The van der Waals surface area contributed by atoms with E-state index in [0.29, 0.717) is 0 Å². The Balaban J connectivity index is 1.80. The summed E-state index contributed by atoms with van der Waals surface area (Å²) >= 11 is 1.62. The van der Waals surface area contributed by atoms with Crippen LogP contribution in [0.1, 0.15) is 23.3 Å². The first-order chi connectivity index (χ1) is 8.31. The van der Waals surface area contributed by atoms with Crippen LogP contribution in [0.2, 0.25) is 0 Å². The predicted octanol–water partition coefficient (Wildman–Crippen LogP) is 2.78. The minimum atomic E-state index is -0.287. The molecule has 1 atom stereocenters. The van der Waals surface area contributed by atoms with Gasteiger partial charge in [-0.3, -0.25) is 4.98 Å². The van der Waals surface area contributed by atoms with Crippen molar-refractivity contribution in [1.29, 1.82) is 0 Å². The van der Waals surface area contributed by atoms with Crippen molar-refractivity contribution in [3.63, 3.8) is 0 Å². The predicted molar refractivity (Wildman–Crippen MR) is 69.2 cm³/mol. The van der Waals surface area contributed by atoms with E-state index in [9.17, 15) is 5.11 Å². The van der Waals surface area contributed by atoms with Gasteiger partial charge < -0.3 is 5.11 Å². The number of hydrogen-bond acceptors (Lipinski definition) is 3. The van der Waals surface area contributed by atoms with Gasteiger partial charge in [0.15, 0.2) is 0 Å². The van der Waals surface area contributed by atoms with Crippen molar-refractivity contribution in [3.05, 3.63) is 52.5 Å². The molecule has 3 rings (SSSR count). The van der Waals surface area contributed by atoms with Gasteiger partial charge in [-0.1, -0.05) is 30.3 Å². The highest BCUT2D eigenvalue weighted by molar-refractivity contribution is 7.09. The lowest BCUT2D eigenvalue weighted by atomic mass is 9.88. The molecule has 0 spiro atoms. The molecule has 0 amide bonds. The summed E-state index contributed by atoms with van der Waals surface area (Å²) in [6.07, 6.45) is 4.48. The van der Waals surface area contributed by atoms with Crippen molar-refractivity contribution in [1.82, 2.24) is 4.98 Å². The Morgan fingerprint density at radius 2 is 2.06 bits per heavy atom. The first kappa shape index (κ1) is 10.9. The molecule has 1 aromatic carbocycles. The quantitative estimate of drug-likeness (QED) is 0.898. The van der Waals surface area contributed by atoms with Crippen LogP contribution >= 0.6 is 11.3 Å². The zero-order chi connectivity index (χ0) is 11.7. The highest BCUT2D eigenvalue weighted by Crippen LogP contribution is 2.51. The second kappa shape index (κ2) is 4.24. The minimum absolute atomic E-state index is 0.00521. The summed E-state index contributed by atoms with van der Waals surface area (Å²) in [4.78, 5) is 5.22. The topological polar surface area (TPSA) is 33.1 Å². The van der Waals surface area contributed by atoms with E-state index in [1.54, 1.807) is 11.3 Å². The highest BCUT2D eigenvalue weighted by atomic mass is 32.1. The first-order valence-electron chi connectivity index (χ1n) is 5.92. The Morgan fingerprint density at radius 1 is 1.29 bits per heavy atom. The maximum atomic E-state index is 10.4. The number of aliphatic hydroxyl groups excluding tert-OH is 1. The fourth-order valence-corrected chi connectivity index (χ4v) is 3.08. The third kappa shape index (κ3) is 2.01. The Labute approximate surface area is 105 Å². The average Bonchev–Trinajstić information content (AvgIpc) is 3.04. The van der Waals surface area contributed by atoms with Crippen LogP contribution < -0.4 is 0 Å². The van der Waals surface area contributed by atoms with Crippen molar-refractivity contribution < 1.29 is 5.11 Å². The molecular weight excluding hydrogens is 230 g/mol. The highest BCUT2D eigenvalue weighted by Gasteiger charge is 2.50. The Kier molecular flexibility index (Phi) is 2.73. The van der Waals surface area contributed by atoms with E-state index in [4.69, 9.17) is 0 Å². The third-order valence-electron chi connectivity index (χ3n) is 3.65. The van der Waals surface area contributed by atoms with E-state index in [1.807, 2.05) is 17.8 Å². The van der Waals surface area contributed by atoms with Crippen molar-refractivity contribution in [3.8, 4) is 0 Å². The number of aromatic nitrogens is 1. The van der Waals surface area contributed by atoms with Crippen LogP contribution in [0.25, 0.3) is 0 Å². The number of hydrogen-bond donors (Lipinski definition) is 1. The van der Waals surface area contributed by atoms with Gasteiger partial charge in [0.1, 0.15) is 0 Å². The summed E-state index contributed by atoms with van der Waals surface area (Å²) < 4.78 is 0. The SMILES string of the molecule is OC(Cc1cncs1)C1(c2ccccc2)CC1. The van der Waals surface area contributed by atoms with Gasteiger partial charge in [-0.15, -0.1) is 11.3 Å². The largest absolute Gasteiger partial charge is 0.392 e. The van der Waals surface area contributed by atoms with E-state index in [-0.39, 0.29) is 11.5 Å². The van der Waals surface area contributed by atoms with Crippen molar-refractivity contribution in [2.24, 2.45) is 0 Å². The fraction of sp³-hybridized carbons (Fsp3) is 0.357. The standard InChI is InChI=1S/C14H15NOS/c16-13(8-12-9-15-10-17-12)14(6-7-14)11-4-2-1-3-5-11/h1-5,9-10,13,16H,6-8H2. The molecule has 1 aliphatic carbocycles. The molecule has 1 N–H and O–H groups in total. The number of rotatable bonds is 4. The Bertz CT molecular complexity index is 476. The third-order valence-corrected chi connectivity index (χ3v) is 4.46. The van der Waals surface area contributed by atoms with Crippen LogP contribution in [0.5, 0.6) is 0 Å². The molecule has 17 heavy (non-hydrogen) atoms. The van der Waals surface area contributed by atoms with Gasteiger partial charge in [0.25, 0.3) is 0 Å². The summed E-state index contributed by atoms with van der Waals surface area (Å²) in [6.45, 7) is 0. The smallest absolute Gasteiger partial charge is 0.0794 e. The Morgan fingerprint density at radius 3 is 2.65 bits per heavy atom. The van der Waals surface area contributed by atoms with Crippen molar-refractivity contribution >= 4 is 11.3 Å². The molecule has 2 aromatic rings. The second-order valence-corrected chi connectivity index (χ2v) is 5.68. The normalized spacial score (nSPS) is 18.9. The molecule has 0 radical (unpaired) electrons. The second-order valence-electron chi connectivity index (χ2n) is 4.71. The summed E-state index contributed by atoms with van der Waals surface area (Å²) in [5, 5.41) is 10.4. The maximum absolute atomic E-state index is 10.4. The van der Waals surface area contributed by atoms with Gasteiger partial charge in [0.2, 0.25) is 0 Å². The van der Waals surface area contributed by atoms with Gasteiger partial charge in [-0.2, -0.15) is 0 Å². The van der Waals surface area contributed by atoms with Gasteiger partial charge in [-0.05, 0) is 18.4 Å². The number of benzene rings is 1. The van der Waals surface area contributed by atoms with E-state index >= 15 is 0 Å². The number of thiazole rings is 1. The van der Waals surface area contributed by atoms with Gasteiger partial charge in [0.05, 0.1) is 11.6 Å². The van der Waals surface area contributed by atoms with E-state index in [1.165, 1.54) is 10.4 Å². The molecule has 1 fully saturated rings.